The molecule has 0 aliphatic carbocycles. The van der Waals surface area contributed by atoms with Gasteiger partial charge in [-0.3, -0.25) is 4.98 Å². The van der Waals surface area contributed by atoms with Crippen LogP contribution in [0, 0.1) is 3.57 Å². The van der Waals surface area contributed by atoms with Gasteiger partial charge in [0.1, 0.15) is 0 Å². The molecule has 0 radical (unpaired) electrons. The molecule has 0 fully saturated rings. The molecular weight excluding hydrogens is 251 g/mol. The zero-order chi connectivity index (χ0) is 8.27. The first kappa shape index (κ1) is 8.93. The summed E-state index contributed by atoms with van der Waals surface area (Å²) < 4.78 is 1.19. The molecule has 0 saturated carbocycles. The lowest BCUT2D eigenvalue weighted by atomic mass is 10.1. The highest BCUT2D eigenvalue weighted by Crippen LogP contribution is 2.12. The number of pyridine rings is 1. The number of nitrogens with two attached hydrogens (primary N) is 1. The van der Waals surface area contributed by atoms with E-state index < -0.39 is 0 Å². The van der Waals surface area contributed by atoms with Gasteiger partial charge in [-0.2, -0.15) is 0 Å². The van der Waals surface area contributed by atoms with Gasteiger partial charge in [-0.1, -0.05) is 6.92 Å². The summed E-state index contributed by atoms with van der Waals surface area (Å²) in [6.07, 6.45) is 2.74. The van der Waals surface area contributed by atoms with Crippen LogP contribution in [0.15, 0.2) is 18.3 Å². The number of hydrogen-bond donors (Lipinski definition) is 1. The minimum Gasteiger partial charge on any atom is -0.323 e. The standard InChI is InChI=1S/C8H11IN2/c1-2-7(10)8-5-6(9)3-4-11-8/h3-5,7H,2,10H2,1H3. The summed E-state index contributed by atoms with van der Waals surface area (Å²) in [6, 6.07) is 4.07. The first-order valence-corrected chi connectivity index (χ1v) is 4.69. The molecular formula is C8H11IN2. The van der Waals surface area contributed by atoms with Crippen LogP contribution in [0.3, 0.4) is 0 Å². The summed E-state index contributed by atoms with van der Waals surface area (Å²) in [5.41, 5.74) is 6.78. The summed E-state index contributed by atoms with van der Waals surface area (Å²) in [5.74, 6) is 0. The minimum absolute atomic E-state index is 0.0877. The van der Waals surface area contributed by atoms with Gasteiger partial charge < -0.3 is 5.73 Å². The van der Waals surface area contributed by atoms with Crippen molar-refractivity contribution in [3.05, 3.63) is 27.6 Å². The Bertz CT molecular complexity index is 237. The highest BCUT2D eigenvalue weighted by molar-refractivity contribution is 14.1. The average molecular weight is 262 g/mol. The molecule has 0 amide bonds. The van der Waals surface area contributed by atoms with Crippen molar-refractivity contribution in [2.24, 2.45) is 5.73 Å². The van der Waals surface area contributed by atoms with Crippen molar-refractivity contribution in [1.82, 2.24) is 4.98 Å². The number of hydrogen-bond acceptors (Lipinski definition) is 2. The van der Waals surface area contributed by atoms with E-state index in [2.05, 4.69) is 34.5 Å². The largest absolute Gasteiger partial charge is 0.323 e. The maximum absolute atomic E-state index is 5.80. The van der Waals surface area contributed by atoms with Gasteiger partial charge in [0.2, 0.25) is 0 Å². The summed E-state index contributed by atoms with van der Waals surface area (Å²) in [4.78, 5) is 4.18. The van der Waals surface area contributed by atoms with Crippen LogP contribution in [0.2, 0.25) is 0 Å². The van der Waals surface area contributed by atoms with Crippen LogP contribution in [0.4, 0.5) is 0 Å². The second kappa shape index (κ2) is 4.01. The third-order valence-corrected chi connectivity index (χ3v) is 2.23. The maximum Gasteiger partial charge on any atom is 0.0581 e. The van der Waals surface area contributed by atoms with Crippen molar-refractivity contribution in [3.63, 3.8) is 0 Å². The molecule has 0 aromatic carbocycles. The van der Waals surface area contributed by atoms with Crippen LogP contribution >= 0.6 is 22.6 Å². The van der Waals surface area contributed by atoms with Crippen molar-refractivity contribution in [2.75, 3.05) is 0 Å². The second-order valence-electron chi connectivity index (χ2n) is 2.41. The lowest BCUT2D eigenvalue weighted by molar-refractivity contribution is 0.675. The van der Waals surface area contributed by atoms with E-state index in [0.29, 0.717) is 0 Å². The molecule has 1 unspecified atom stereocenters. The fraction of sp³-hybridized carbons (Fsp3) is 0.375. The van der Waals surface area contributed by atoms with Crippen molar-refractivity contribution in [3.8, 4) is 0 Å². The zero-order valence-electron chi connectivity index (χ0n) is 6.42. The summed E-state index contributed by atoms with van der Waals surface area (Å²) in [6.45, 7) is 2.06. The number of rotatable bonds is 2. The molecule has 11 heavy (non-hydrogen) atoms. The van der Waals surface area contributed by atoms with Crippen molar-refractivity contribution < 1.29 is 0 Å². The Morgan fingerprint density at radius 2 is 2.45 bits per heavy atom. The Balaban J connectivity index is 2.86. The van der Waals surface area contributed by atoms with E-state index >= 15 is 0 Å². The molecule has 2 nitrogen and oxygen atoms in total. The molecule has 3 heteroatoms. The molecule has 0 aliphatic heterocycles. The lowest BCUT2D eigenvalue weighted by Crippen LogP contribution is -2.10. The van der Waals surface area contributed by atoms with E-state index in [9.17, 15) is 0 Å². The van der Waals surface area contributed by atoms with E-state index in [0.717, 1.165) is 12.1 Å². The Labute approximate surface area is 80.3 Å². The average Bonchev–Trinajstić information content (AvgIpc) is 2.03. The summed E-state index contributed by atoms with van der Waals surface area (Å²) >= 11 is 2.26. The summed E-state index contributed by atoms with van der Waals surface area (Å²) in [7, 11) is 0. The highest BCUT2D eigenvalue weighted by atomic mass is 127. The van der Waals surface area contributed by atoms with Gasteiger partial charge in [-0.25, -0.2) is 0 Å². The smallest absolute Gasteiger partial charge is 0.0581 e. The third kappa shape index (κ3) is 2.41. The topological polar surface area (TPSA) is 38.9 Å². The van der Waals surface area contributed by atoms with Crippen LogP contribution in [-0.4, -0.2) is 4.98 Å². The first-order valence-electron chi connectivity index (χ1n) is 3.61. The maximum atomic E-state index is 5.80. The molecule has 1 aromatic heterocycles. The number of halogens is 1. The van der Waals surface area contributed by atoms with Crippen LogP contribution in [0.25, 0.3) is 0 Å². The van der Waals surface area contributed by atoms with Crippen molar-refractivity contribution >= 4 is 22.6 Å². The van der Waals surface area contributed by atoms with E-state index in [1.165, 1.54) is 3.57 Å². The highest BCUT2D eigenvalue weighted by Gasteiger charge is 2.03. The van der Waals surface area contributed by atoms with E-state index in [1.54, 1.807) is 6.20 Å². The predicted octanol–water partition coefficient (Wildman–Crippen LogP) is 2.10. The molecule has 0 bridgehead atoms. The Kier molecular flexibility index (Phi) is 3.26. The fourth-order valence-corrected chi connectivity index (χ4v) is 1.31. The van der Waals surface area contributed by atoms with Crippen molar-refractivity contribution in [1.29, 1.82) is 0 Å². The lowest BCUT2D eigenvalue weighted by Gasteiger charge is -2.06. The Morgan fingerprint density at radius 3 is 3.00 bits per heavy atom. The van der Waals surface area contributed by atoms with Gasteiger partial charge in [0, 0.05) is 15.8 Å². The number of aromatic nitrogens is 1. The Hall–Kier alpha value is -0.160. The van der Waals surface area contributed by atoms with E-state index in [4.69, 9.17) is 5.73 Å². The normalized spacial score (nSPS) is 13.0. The molecule has 1 aromatic rings. The monoisotopic (exact) mass is 262 g/mol. The molecule has 1 heterocycles. The summed E-state index contributed by atoms with van der Waals surface area (Å²) in [5, 5.41) is 0. The van der Waals surface area contributed by atoms with E-state index in [-0.39, 0.29) is 6.04 Å². The van der Waals surface area contributed by atoms with Crippen LogP contribution < -0.4 is 5.73 Å². The number of nitrogens with zero attached hydrogens (tertiary/aromatic N) is 1. The van der Waals surface area contributed by atoms with Crippen LogP contribution in [0.5, 0.6) is 0 Å². The molecule has 2 N–H and O–H groups in total. The van der Waals surface area contributed by atoms with Gasteiger partial charge in [0.25, 0.3) is 0 Å². The second-order valence-corrected chi connectivity index (χ2v) is 3.66. The van der Waals surface area contributed by atoms with Crippen LogP contribution in [-0.2, 0) is 0 Å². The zero-order valence-corrected chi connectivity index (χ0v) is 8.58. The quantitative estimate of drug-likeness (QED) is 0.829. The molecule has 60 valence electrons. The third-order valence-electron chi connectivity index (χ3n) is 1.56. The van der Waals surface area contributed by atoms with Gasteiger partial charge in [0.05, 0.1) is 5.69 Å². The molecule has 1 rings (SSSR count). The van der Waals surface area contributed by atoms with Crippen molar-refractivity contribution in [2.45, 2.75) is 19.4 Å². The van der Waals surface area contributed by atoms with Crippen LogP contribution in [0.1, 0.15) is 25.1 Å². The molecule has 0 saturated heterocycles. The Morgan fingerprint density at radius 1 is 1.73 bits per heavy atom. The molecule has 0 spiro atoms. The van der Waals surface area contributed by atoms with Gasteiger partial charge in [-0.15, -0.1) is 0 Å². The fourth-order valence-electron chi connectivity index (χ4n) is 0.833. The SMILES string of the molecule is CCC(N)c1cc(I)ccn1. The molecule has 0 aliphatic rings. The molecule has 1 atom stereocenters. The predicted molar refractivity (Wildman–Crippen MR) is 54.2 cm³/mol. The van der Waals surface area contributed by atoms with Gasteiger partial charge >= 0.3 is 0 Å². The minimum atomic E-state index is 0.0877. The first-order chi connectivity index (χ1) is 5.24. The van der Waals surface area contributed by atoms with Gasteiger partial charge in [-0.05, 0) is 41.1 Å². The van der Waals surface area contributed by atoms with E-state index in [1.807, 2.05) is 12.1 Å². The van der Waals surface area contributed by atoms with Gasteiger partial charge in [0.15, 0.2) is 0 Å².